The minimum Gasteiger partial charge on any atom is -0.436 e. The lowest BCUT2D eigenvalue weighted by Crippen LogP contribution is -2.14. The zero-order valence-corrected chi connectivity index (χ0v) is 14.5. The molecule has 0 radical (unpaired) electrons. The van der Waals surface area contributed by atoms with E-state index in [1.807, 2.05) is 0 Å². The van der Waals surface area contributed by atoms with Gasteiger partial charge in [0.15, 0.2) is 0 Å². The highest BCUT2D eigenvalue weighted by Crippen LogP contribution is 2.35. The lowest BCUT2D eigenvalue weighted by atomic mass is 10.3. The first-order valence-electron chi connectivity index (χ1n) is 6.44. The van der Waals surface area contributed by atoms with E-state index in [9.17, 15) is 0 Å². The molecule has 0 spiro atoms. The quantitative estimate of drug-likeness (QED) is 0.566. The van der Waals surface area contributed by atoms with Gasteiger partial charge in [0.1, 0.15) is 5.75 Å². The number of ether oxygens (including phenoxy) is 1. The Labute approximate surface area is 142 Å². The second-order valence-electron chi connectivity index (χ2n) is 4.32. The van der Waals surface area contributed by atoms with E-state index < -0.39 is 0 Å². The number of hydrogen-bond donors (Lipinski definition) is 1. The SMILES string of the molecule is CCCNCc1cnc(Oc2cc(Cl)c(Br)cc2Cl)cn1. The average molecular weight is 391 g/mol. The molecule has 0 saturated heterocycles. The van der Waals surface area contributed by atoms with E-state index in [0.717, 1.165) is 18.7 Å². The van der Waals surface area contributed by atoms with Crippen LogP contribution in [0.2, 0.25) is 10.0 Å². The molecule has 2 rings (SSSR count). The summed E-state index contributed by atoms with van der Waals surface area (Å²) in [6.45, 7) is 3.75. The van der Waals surface area contributed by atoms with Gasteiger partial charge in [0.05, 0.1) is 28.1 Å². The molecule has 0 atom stereocenters. The summed E-state index contributed by atoms with van der Waals surface area (Å²) in [5.74, 6) is 0.811. The normalized spacial score (nSPS) is 10.7. The Morgan fingerprint density at radius 1 is 1.19 bits per heavy atom. The van der Waals surface area contributed by atoms with Crippen molar-refractivity contribution in [2.45, 2.75) is 19.9 Å². The highest BCUT2D eigenvalue weighted by molar-refractivity contribution is 9.10. The van der Waals surface area contributed by atoms with Gasteiger partial charge in [-0.15, -0.1) is 0 Å². The summed E-state index contributed by atoms with van der Waals surface area (Å²) in [6.07, 6.45) is 4.32. The van der Waals surface area contributed by atoms with Gasteiger partial charge in [0, 0.05) is 17.1 Å². The van der Waals surface area contributed by atoms with Crippen molar-refractivity contribution in [3.8, 4) is 11.6 Å². The molecular formula is C14H14BrCl2N3O. The number of nitrogens with one attached hydrogen (secondary N) is 1. The van der Waals surface area contributed by atoms with Gasteiger partial charge in [0.2, 0.25) is 5.88 Å². The molecule has 1 heterocycles. The van der Waals surface area contributed by atoms with Gasteiger partial charge in [-0.25, -0.2) is 4.98 Å². The van der Waals surface area contributed by atoms with Crippen LogP contribution in [0.4, 0.5) is 0 Å². The van der Waals surface area contributed by atoms with Gasteiger partial charge in [-0.05, 0) is 35.0 Å². The Hall–Kier alpha value is -0.880. The molecule has 0 saturated carbocycles. The molecule has 0 fully saturated rings. The van der Waals surface area contributed by atoms with Gasteiger partial charge in [-0.3, -0.25) is 4.98 Å². The van der Waals surface area contributed by atoms with Crippen molar-refractivity contribution in [1.29, 1.82) is 0 Å². The van der Waals surface area contributed by atoms with Crippen molar-refractivity contribution in [3.63, 3.8) is 0 Å². The van der Waals surface area contributed by atoms with Crippen LogP contribution in [0.25, 0.3) is 0 Å². The fourth-order valence-corrected chi connectivity index (χ4v) is 2.41. The van der Waals surface area contributed by atoms with Gasteiger partial charge >= 0.3 is 0 Å². The van der Waals surface area contributed by atoms with E-state index in [1.165, 1.54) is 0 Å². The number of nitrogens with zero attached hydrogens (tertiary/aromatic N) is 2. The van der Waals surface area contributed by atoms with Crippen molar-refractivity contribution in [1.82, 2.24) is 15.3 Å². The number of halogens is 3. The van der Waals surface area contributed by atoms with E-state index in [2.05, 4.69) is 38.1 Å². The van der Waals surface area contributed by atoms with Crippen molar-refractivity contribution in [3.05, 3.63) is 44.7 Å². The second-order valence-corrected chi connectivity index (χ2v) is 5.99. The van der Waals surface area contributed by atoms with Crippen LogP contribution in [0, 0.1) is 0 Å². The third kappa shape index (κ3) is 4.81. The number of aromatic nitrogens is 2. The Morgan fingerprint density at radius 2 is 2.00 bits per heavy atom. The molecule has 112 valence electrons. The Morgan fingerprint density at radius 3 is 2.67 bits per heavy atom. The van der Waals surface area contributed by atoms with Crippen LogP contribution in [-0.2, 0) is 6.54 Å². The van der Waals surface area contributed by atoms with Gasteiger partial charge in [-0.2, -0.15) is 0 Å². The minimum absolute atomic E-state index is 0.370. The molecule has 0 aliphatic carbocycles. The molecule has 1 N–H and O–H groups in total. The first-order valence-corrected chi connectivity index (χ1v) is 7.99. The summed E-state index contributed by atoms with van der Waals surface area (Å²) in [7, 11) is 0. The van der Waals surface area contributed by atoms with Crippen LogP contribution in [0.1, 0.15) is 19.0 Å². The van der Waals surface area contributed by atoms with Crippen molar-refractivity contribution >= 4 is 39.1 Å². The lowest BCUT2D eigenvalue weighted by Gasteiger charge is -2.08. The lowest BCUT2D eigenvalue weighted by molar-refractivity contribution is 0.459. The summed E-state index contributed by atoms with van der Waals surface area (Å²) >= 11 is 15.4. The molecule has 2 aromatic rings. The van der Waals surface area contributed by atoms with Gasteiger partial charge in [0.25, 0.3) is 0 Å². The van der Waals surface area contributed by atoms with E-state index in [4.69, 9.17) is 27.9 Å². The van der Waals surface area contributed by atoms with Crippen LogP contribution in [0.3, 0.4) is 0 Å². The monoisotopic (exact) mass is 389 g/mol. The van der Waals surface area contributed by atoms with Crippen LogP contribution < -0.4 is 10.1 Å². The minimum atomic E-state index is 0.370. The zero-order valence-electron chi connectivity index (χ0n) is 11.4. The molecule has 0 aliphatic rings. The van der Waals surface area contributed by atoms with Crippen LogP contribution >= 0.6 is 39.1 Å². The van der Waals surface area contributed by atoms with Crippen LogP contribution in [-0.4, -0.2) is 16.5 Å². The Kier molecular flexibility index (Phi) is 6.23. The molecule has 0 unspecified atom stereocenters. The smallest absolute Gasteiger partial charge is 0.237 e. The molecule has 0 bridgehead atoms. The second kappa shape index (κ2) is 7.94. The maximum Gasteiger partial charge on any atom is 0.237 e. The summed E-state index contributed by atoms with van der Waals surface area (Å²) in [6, 6.07) is 3.31. The van der Waals surface area contributed by atoms with Gasteiger partial charge < -0.3 is 10.1 Å². The summed E-state index contributed by atoms with van der Waals surface area (Å²) in [5, 5.41) is 4.22. The summed E-state index contributed by atoms with van der Waals surface area (Å²) < 4.78 is 6.31. The predicted molar refractivity (Wildman–Crippen MR) is 88.3 cm³/mol. The Bertz CT molecular complexity index is 608. The van der Waals surface area contributed by atoms with E-state index in [1.54, 1.807) is 24.5 Å². The topological polar surface area (TPSA) is 47.0 Å². The molecule has 0 amide bonds. The van der Waals surface area contributed by atoms with Crippen LogP contribution in [0.5, 0.6) is 11.6 Å². The number of rotatable bonds is 6. The van der Waals surface area contributed by atoms with Crippen LogP contribution in [0.15, 0.2) is 29.0 Å². The maximum atomic E-state index is 6.10. The van der Waals surface area contributed by atoms with E-state index in [0.29, 0.717) is 32.7 Å². The first kappa shape index (κ1) is 16.5. The molecule has 4 nitrogen and oxygen atoms in total. The third-order valence-electron chi connectivity index (χ3n) is 2.60. The molecular weight excluding hydrogens is 377 g/mol. The molecule has 1 aromatic carbocycles. The summed E-state index contributed by atoms with van der Waals surface area (Å²) in [5.41, 5.74) is 0.857. The zero-order chi connectivity index (χ0) is 15.2. The highest BCUT2D eigenvalue weighted by Gasteiger charge is 2.09. The fourth-order valence-electron chi connectivity index (χ4n) is 1.58. The number of hydrogen-bond acceptors (Lipinski definition) is 4. The number of benzene rings is 1. The summed E-state index contributed by atoms with van der Waals surface area (Å²) in [4.78, 5) is 8.49. The largest absolute Gasteiger partial charge is 0.436 e. The predicted octanol–water partition coefficient (Wildman–Crippen LogP) is 4.84. The molecule has 1 aromatic heterocycles. The highest BCUT2D eigenvalue weighted by atomic mass is 79.9. The maximum absolute atomic E-state index is 6.10. The van der Waals surface area contributed by atoms with Crippen molar-refractivity contribution in [2.24, 2.45) is 0 Å². The average Bonchev–Trinajstić information content (AvgIpc) is 2.47. The van der Waals surface area contributed by atoms with Gasteiger partial charge in [-0.1, -0.05) is 30.1 Å². The molecule has 0 aliphatic heterocycles. The first-order chi connectivity index (χ1) is 10.1. The third-order valence-corrected chi connectivity index (χ3v) is 4.10. The molecule has 7 heteroatoms. The van der Waals surface area contributed by atoms with Crippen molar-refractivity contribution in [2.75, 3.05) is 6.54 Å². The standard InChI is InChI=1S/C14H14BrCl2N3O/c1-2-3-18-6-9-7-20-14(8-19-9)21-13-5-11(16)10(15)4-12(13)17/h4-5,7-8,18H,2-3,6H2,1H3. The fraction of sp³-hybridized carbons (Fsp3) is 0.286. The molecule has 21 heavy (non-hydrogen) atoms. The van der Waals surface area contributed by atoms with E-state index in [-0.39, 0.29) is 0 Å². The van der Waals surface area contributed by atoms with Crippen molar-refractivity contribution < 1.29 is 4.74 Å². The Balaban J connectivity index is 2.05. The van der Waals surface area contributed by atoms with E-state index >= 15 is 0 Å².